The molecule has 13 heavy (non-hydrogen) atoms. The molecule has 2 heterocycles. The number of nitrogens with zero attached hydrogens (tertiary/aromatic N) is 2. The van der Waals surface area contributed by atoms with Crippen LogP contribution in [0.3, 0.4) is 0 Å². The Morgan fingerprint density at radius 3 is 3.15 bits per heavy atom. The fourth-order valence-corrected chi connectivity index (χ4v) is 1.76. The Morgan fingerprint density at radius 2 is 2.62 bits per heavy atom. The summed E-state index contributed by atoms with van der Waals surface area (Å²) in [5.74, 6) is 0. The van der Waals surface area contributed by atoms with Crippen molar-refractivity contribution in [3.05, 3.63) is 18.0 Å². The summed E-state index contributed by atoms with van der Waals surface area (Å²) in [6, 6.07) is 1.92. The lowest BCUT2D eigenvalue weighted by atomic mass is 10.1. The van der Waals surface area contributed by atoms with Gasteiger partial charge in [-0.3, -0.25) is 10.00 Å². The lowest BCUT2D eigenvalue weighted by Crippen LogP contribution is -2.25. The Labute approximate surface area is 76.9 Å². The molecule has 0 amide bonds. The number of aromatic amines is 1. The number of halogens is 1. The van der Waals surface area contributed by atoms with E-state index in [1.54, 1.807) is 13.1 Å². The zero-order chi connectivity index (χ0) is 9.31. The second-order valence-corrected chi connectivity index (χ2v) is 3.96. The second-order valence-electron chi connectivity index (χ2n) is 3.96. The monoisotopic (exact) mass is 183 g/mol. The van der Waals surface area contributed by atoms with Gasteiger partial charge in [0.15, 0.2) is 0 Å². The topological polar surface area (TPSA) is 31.9 Å². The molecule has 1 unspecified atom stereocenters. The minimum Gasteiger partial charge on any atom is -0.294 e. The fraction of sp³-hybridized carbons (Fsp3) is 0.667. The molecule has 72 valence electrons. The van der Waals surface area contributed by atoms with Crippen LogP contribution < -0.4 is 0 Å². The van der Waals surface area contributed by atoms with Crippen molar-refractivity contribution in [2.75, 3.05) is 13.1 Å². The number of nitrogens with one attached hydrogen (secondary N) is 1. The maximum atomic E-state index is 13.4. The highest BCUT2D eigenvalue weighted by Gasteiger charge is 2.33. The highest BCUT2D eigenvalue weighted by Crippen LogP contribution is 2.25. The molecule has 1 aliphatic heterocycles. The van der Waals surface area contributed by atoms with E-state index in [0.29, 0.717) is 13.0 Å². The molecule has 1 atom stereocenters. The molecule has 0 saturated carbocycles. The minimum absolute atomic E-state index is 0.534. The highest BCUT2D eigenvalue weighted by atomic mass is 19.1. The molecule has 0 radical (unpaired) electrons. The SMILES string of the molecule is CC1(F)CCN(Cc2ccn[nH]2)C1. The summed E-state index contributed by atoms with van der Waals surface area (Å²) < 4.78 is 13.4. The Kier molecular flexibility index (Phi) is 2.07. The number of hydrogen-bond acceptors (Lipinski definition) is 2. The first kappa shape index (κ1) is 8.69. The van der Waals surface area contributed by atoms with Gasteiger partial charge in [0.2, 0.25) is 0 Å². The average Bonchev–Trinajstić information content (AvgIpc) is 2.61. The van der Waals surface area contributed by atoms with E-state index in [1.165, 1.54) is 0 Å². The Balaban J connectivity index is 1.91. The Hall–Kier alpha value is -0.900. The fourth-order valence-electron chi connectivity index (χ4n) is 1.76. The van der Waals surface area contributed by atoms with E-state index in [1.807, 2.05) is 6.07 Å². The van der Waals surface area contributed by atoms with Crippen molar-refractivity contribution in [3.8, 4) is 0 Å². The van der Waals surface area contributed by atoms with Gasteiger partial charge in [0.1, 0.15) is 5.67 Å². The smallest absolute Gasteiger partial charge is 0.122 e. The molecule has 1 saturated heterocycles. The van der Waals surface area contributed by atoms with E-state index in [9.17, 15) is 4.39 Å². The van der Waals surface area contributed by atoms with Crippen LogP contribution in [0.4, 0.5) is 4.39 Å². The molecular weight excluding hydrogens is 169 g/mol. The van der Waals surface area contributed by atoms with Crippen LogP contribution in [0.15, 0.2) is 12.3 Å². The number of alkyl halides is 1. The first-order chi connectivity index (χ1) is 6.16. The van der Waals surface area contributed by atoms with Crippen LogP contribution in [-0.2, 0) is 6.54 Å². The second kappa shape index (κ2) is 3.10. The first-order valence-electron chi connectivity index (χ1n) is 4.55. The number of likely N-dealkylation sites (tertiary alicyclic amines) is 1. The number of rotatable bonds is 2. The third-order valence-corrected chi connectivity index (χ3v) is 2.45. The molecule has 3 nitrogen and oxygen atoms in total. The van der Waals surface area contributed by atoms with Crippen molar-refractivity contribution in [3.63, 3.8) is 0 Å². The summed E-state index contributed by atoms with van der Waals surface area (Å²) in [5.41, 5.74) is 0.0534. The third-order valence-electron chi connectivity index (χ3n) is 2.45. The predicted molar refractivity (Wildman–Crippen MR) is 48.0 cm³/mol. The standard InChI is InChI=1S/C9H14FN3/c1-9(10)3-5-13(7-9)6-8-2-4-11-12-8/h2,4H,3,5-7H2,1H3,(H,11,12). The molecular formula is C9H14FN3. The molecule has 2 rings (SSSR count). The van der Waals surface area contributed by atoms with E-state index in [4.69, 9.17) is 0 Å². The van der Waals surface area contributed by atoms with Gasteiger partial charge in [0.25, 0.3) is 0 Å². The van der Waals surface area contributed by atoms with Crippen LogP contribution in [0.25, 0.3) is 0 Å². The van der Waals surface area contributed by atoms with Crippen LogP contribution in [-0.4, -0.2) is 33.9 Å². The summed E-state index contributed by atoms with van der Waals surface area (Å²) in [6.45, 7) is 3.82. The molecule has 1 aromatic rings. The van der Waals surface area contributed by atoms with Gasteiger partial charge >= 0.3 is 0 Å². The van der Waals surface area contributed by atoms with Crippen LogP contribution in [0.5, 0.6) is 0 Å². The van der Waals surface area contributed by atoms with Gasteiger partial charge in [-0.15, -0.1) is 0 Å². The number of aromatic nitrogens is 2. The maximum Gasteiger partial charge on any atom is 0.122 e. The highest BCUT2D eigenvalue weighted by molar-refractivity contribution is 4.99. The molecule has 1 aromatic heterocycles. The molecule has 4 heteroatoms. The maximum absolute atomic E-state index is 13.4. The summed E-state index contributed by atoms with van der Waals surface area (Å²) in [6.07, 6.45) is 2.36. The van der Waals surface area contributed by atoms with E-state index >= 15 is 0 Å². The number of H-pyrrole nitrogens is 1. The van der Waals surface area contributed by atoms with E-state index in [-0.39, 0.29) is 0 Å². The van der Waals surface area contributed by atoms with Crippen molar-refractivity contribution in [1.29, 1.82) is 0 Å². The van der Waals surface area contributed by atoms with Gasteiger partial charge in [-0.25, -0.2) is 4.39 Å². The summed E-state index contributed by atoms with van der Waals surface area (Å²) in [5, 5.41) is 6.73. The van der Waals surface area contributed by atoms with Gasteiger partial charge in [-0.1, -0.05) is 0 Å². The van der Waals surface area contributed by atoms with Gasteiger partial charge in [0, 0.05) is 31.5 Å². The quantitative estimate of drug-likeness (QED) is 0.750. The first-order valence-corrected chi connectivity index (χ1v) is 4.55. The van der Waals surface area contributed by atoms with E-state index in [2.05, 4.69) is 15.1 Å². The van der Waals surface area contributed by atoms with Gasteiger partial charge in [-0.2, -0.15) is 5.10 Å². The van der Waals surface area contributed by atoms with Gasteiger partial charge in [0.05, 0.1) is 0 Å². The van der Waals surface area contributed by atoms with E-state index in [0.717, 1.165) is 18.8 Å². The third kappa shape index (κ3) is 2.06. The normalized spacial score (nSPS) is 29.7. The molecule has 0 bridgehead atoms. The Morgan fingerprint density at radius 1 is 1.77 bits per heavy atom. The molecule has 0 aliphatic carbocycles. The lowest BCUT2D eigenvalue weighted by Gasteiger charge is -2.15. The zero-order valence-corrected chi connectivity index (χ0v) is 7.76. The van der Waals surface area contributed by atoms with Crippen LogP contribution in [0.2, 0.25) is 0 Å². The van der Waals surface area contributed by atoms with Crippen LogP contribution >= 0.6 is 0 Å². The minimum atomic E-state index is -1.000. The van der Waals surface area contributed by atoms with Crippen LogP contribution in [0.1, 0.15) is 19.0 Å². The van der Waals surface area contributed by atoms with Crippen molar-refractivity contribution < 1.29 is 4.39 Å². The molecule has 0 aromatic carbocycles. The summed E-state index contributed by atoms with van der Waals surface area (Å²) >= 11 is 0. The molecule has 0 spiro atoms. The van der Waals surface area contributed by atoms with E-state index < -0.39 is 5.67 Å². The predicted octanol–water partition coefficient (Wildman–Crippen LogP) is 1.34. The average molecular weight is 183 g/mol. The number of hydrogen-bond donors (Lipinski definition) is 1. The van der Waals surface area contributed by atoms with Gasteiger partial charge < -0.3 is 0 Å². The largest absolute Gasteiger partial charge is 0.294 e. The molecule has 1 N–H and O–H groups in total. The molecule has 1 aliphatic rings. The van der Waals surface area contributed by atoms with Crippen molar-refractivity contribution in [1.82, 2.24) is 15.1 Å². The van der Waals surface area contributed by atoms with Gasteiger partial charge in [-0.05, 0) is 19.4 Å². The van der Waals surface area contributed by atoms with Crippen LogP contribution in [0, 0.1) is 0 Å². The van der Waals surface area contributed by atoms with Crippen molar-refractivity contribution in [2.45, 2.75) is 25.6 Å². The summed E-state index contributed by atoms with van der Waals surface area (Å²) in [7, 11) is 0. The zero-order valence-electron chi connectivity index (χ0n) is 7.76. The van der Waals surface area contributed by atoms with Crippen molar-refractivity contribution in [2.24, 2.45) is 0 Å². The Bertz CT molecular complexity index is 268. The summed E-state index contributed by atoms with van der Waals surface area (Å²) in [4.78, 5) is 2.10. The lowest BCUT2D eigenvalue weighted by molar-refractivity contribution is 0.186. The van der Waals surface area contributed by atoms with Crippen molar-refractivity contribution >= 4 is 0 Å². The molecule has 1 fully saturated rings.